The maximum Gasteiger partial charge on any atom is 0.270 e. The fourth-order valence-corrected chi connectivity index (χ4v) is 1.69. The van der Waals surface area contributed by atoms with Gasteiger partial charge in [0.2, 0.25) is 0 Å². The van der Waals surface area contributed by atoms with Crippen LogP contribution in [0, 0.1) is 10.1 Å². The average Bonchev–Trinajstić information content (AvgIpc) is 2.35. The summed E-state index contributed by atoms with van der Waals surface area (Å²) in [7, 11) is -1.07. The fourth-order valence-electron chi connectivity index (χ4n) is 1.38. The molecular weight excluding hydrogens is 278 g/mol. The number of nitrogens with one attached hydrogen (secondary N) is 1. The highest BCUT2D eigenvalue weighted by molar-refractivity contribution is 7.84. The first-order chi connectivity index (χ1) is 8.82. The Balaban J connectivity index is 2.94. The van der Waals surface area contributed by atoms with Crippen molar-refractivity contribution in [2.24, 2.45) is 0 Å². The second-order valence-corrected chi connectivity index (χ2v) is 5.82. The van der Waals surface area contributed by atoms with E-state index in [1.54, 1.807) is 6.92 Å². The molecule has 0 aliphatic rings. The molecule has 1 N–H and O–H groups in total. The number of alkyl halides is 2. The van der Waals surface area contributed by atoms with Gasteiger partial charge < -0.3 is 5.32 Å². The van der Waals surface area contributed by atoms with Crippen LogP contribution in [0.3, 0.4) is 0 Å². The number of non-ortho nitro benzene ring substituents is 1. The molecule has 1 aromatic carbocycles. The van der Waals surface area contributed by atoms with Gasteiger partial charge in [-0.1, -0.05) is 0 Å². The molecule has 0 aromatic heterocycles. The maximum absolute atomic E-state index is 12.8. The van der Waals surface area contributed by atoms with E-state index in [0.29, 0.717) is 0 Å². The number of rotatable bonds is 6. The predicted molar refractivity (Wildman–Crippen MR) is 70.1 cm³/mol. The molecule has 1 rings (SSSR count). The maximum atomic E-state index is 12.8. The van der Waals surface area contributed by atoms with Crippen molar-refractivity contribution in [3.8, 4) is 0 Å². The Kier molecular flexibility index (Phi) is 5.34. The quantitative estimate of drug-likeness (QED) is 0.646. The Hall–Kier alpha value is -1.57. The van der Waals surface area contributed by atoms with Gasteiger partial charge >= 0.3 is 0 Å². The van der Waals surface area contributed by atoms with Crippen LogP contribution < -0.4 is 5.32 Å². The summed E-state index contributed by atoms with van der Waals surface area (Å²) in [6, 6.07) is 3.24. The van der Waals surface area contributed by atoms with Gasteiger partial charge in [-0.2, -0.15) is 0 Å². The normalized spacial score (nSPS) is 14.2. The van der Waals surface area contributed by atoms with Crippen molar-refractivity contribution in [3.63, 3.8) is 0 Å². The van der Waals surface area contributed by atoms with Crippen LogP contribution in [0.25, 0.3) is 0 Å². The molecule has 0 fully saturated rings. The number of hydrogen-bond acceptors (Lipinski definition) is 4. The number of nitro benzene ring substituents is 1. The molecule has 0 amide bonds. The van der Waals surface area contributed by atoms with Crippen LogP contribution in [0.15, 0.2) is 18.2 Å². The second-order valence-electron chi connectivity index (χ2n) is 4.02. The zero-order valence-corrected chi connectivity index (χ0v) is 11.2. The lowest BCUT2D eigenvalue weighted by atomic mass is 10.1. The van der Waals surface area contributed by atoms with E-state index < -0.39 is 27.7 Å². The molecule has 2 atom stereocenters. The standard InChI is InChI=1S/C11H14F2N2O3S/c1-7(19(2)18)6-14-10-4-3-8(15(16)17)5-9(10)11(12)13/h3-5,7,11,14H,6H2,1-2H3. The number of benzene rings is 1. The largest absolute Gasteiger partial charge is 0.383 e. The minimum Gasteiger partial charge on any atom is -0.383 e. The molecule has 0 spiro atoms. The molecule has 0 aliphatic carbocycles. The van der Waals surface area contributed by atoms with Crippen molar-refractivity contribution in [3.05, 3.63) is 33.9 Å². The molecule has 8 heteroatoms. The van der Waals surface area contributed by atoms with Gasteiger partial charge in [-0.05, 0) is 13.0 Å². The molecule has 2 unspecified atom stereocenters. The van der Waals surface area contributed by atoms with Crippen molar-refractivity contribution >= 4 is 22.2 Å². The van der Waals surface area contributed by atoms with Crippen LogP contribution in [-0.2, 0) is 10.8 Å². The van der Waals surface area contributed by atoms with Crippen LogP contribution in [-0.4, -0.2) is 27.2 Å². The third-order valence-corrected chi connectivity index (χ3v) is 3.93. The Labute approximate surface area is 111 Å². The number of halogens is 2. The van der Waals surface area contributed by atoms with Gasteiger partial charge in [-0.25, -0.2) is 8.78 Å². The van der Waals surface area contributed by atoms with Gasteiger partial charge in [-0.3, -0.25) is 14.3 Å². The van der Waals surface area contributed by atoms with Gasteiger partial charge in [-0.15, -0.1) is 0 Å². The van der Waals surface area contributed by atoms with Crippen LogP contribution in [0.2, 0.25) is 0 Å². The van der Waals surface area contributed by atoms with E-state index in [1.165, 1.54) is 12.3 Å². The molecule has 0 saturated heterocycles. The van der Waals surface area contributed by atoms with E-state index >= 15 is 0 Å². The Morgan fingerprint density at radius 1 is 1.47 bits per heavy atom. The summed E-state index contributed by atoms with van der Waals surface area (Å²) in [5, 5.41) is 13.1. The molecule has 19 heavy (non-hydrogen) atoms. The Bertz CT molecular complexity index is 497. The van der Waals surface area contributed by atoms with Gasteiger partial charge in [0.05, 0.1) is 4.92 Å². The lowest BCUT2D eigenvalue weighted by Crippen LogP contribution is -2.21. The highest BCUT2D eigenvalue weighted by atomic mass is 32.2. The monoisotopic (exact) mass is 292 g/mol. The van der Waals surface area contributed by atoms with E-state index in [2.05, 4.69) is 5.32 Å². The number of anilines is 1. The second kappa shape index (κ2) is 6.55. The van der Waals surface area contributed by atoms with Crippen LogP contribution in [0.1, 0.15) is 18.9 Å². The van der Waals surface area contributed by atoms with Crippen molar-refractivity contribution in [1.29, 1.82) is 0 Å². The predicted octanol–water partition coefficient (Wildman–Crippen LogP) is 2.71. The minimum absolute atomic E-state index is 0.123. The average molecular weight is 292 g/mol. The van der Waals surface area contributed by atoms with E-state index in [0.717, 1.165) is 12.1 Å². The van der Waals surface area contributed by atoms with E-state index in [1.807, 2.05) is 0 Å². The summed E-state index contributed by atoms with van der Waals surface area (Å²) < 4.78 is 36.8. The topological polar surface area (TPSA) is 72.2 Å². The van der Waals surface area contributed by atoms with Gasteiger partial charge in [0.15, 0.2) is 0 Å². The molecule has 106 valence electrons. The van der Waals surface area contributed by atoms with Crippen molar-refractivity contribution in [2.45, 2.75) is 18.6 Å². The van der Waals surface area contributed by atoms with Crippen LogP contribution >= 0.6 is 0 Å². The minimum atomic E-state index is -2.81. The molecule has 0 heterocycles. The molecule has 0 saturated carbocycles. The first kappa shape index (κ1) is 15.5. The molecule has 5 nitrogen and oxygen atoms in total. The summed E-state index contributed by atoms with van der Waals surface area (Å²) in [5.41, 5.74) is -0.686. The third-order valence-electron chi connectivity index (χ3n) is 2.63. The van der Waals surface area contributed by atoms with Crippen molar-refractivity contribution in [1.82, 2.24) is 0 Å². The summed E-state index contributed by atoms with van der Waals surface area (Å²) in [6.45, 7) is 1.97. The van der Waals surface area contributed by atoms with Gasteiger partial charge in [0.25, 0.3) is 12.1 Å². The fraction of sp³-hybridized carbons (Fsp3) is 0.455. The number of hydrogen-bond donors (Lipinski definition) is 1. The van der Waals surface area contributed by atoms with Crippen molar-refractivity contribution in [2.75, 3.05) is 18.1 Å². The number of nitrogens with zero attached hydrogens (tertiary/aromatic N) is 1. The highest BCUT2D eigenvalue weighted by Crippen LogP contribution is 2.30. The first-order valence-electron chi connectivity index (χ1n) is 5.45. The lowest BCUT2D eigenvalue weighted by Gasteiger charge is -2.14. The Morgan fingerprint density at radius 3 is 2.58 bits per heavy atom. The van der Waals surface area contributed by atoms with Gasteiger partial charge in [0, 0.05) is 52.2 Å². The first-order valence-corrected chi connectivity index (χ1v) is 7.07. The zero-order valence-electron chi connectivity index (χ0n) is 10.4. The van der Waals surface area contributed by atoms with E-state index in [4.69, 9.17) is 0 Å². The molecule has 0 bridgehead atoms. The van der Waals surface area contributed by atoms with Crippen LogP contribution in [0.4, 0.5) is 20.2 Å². The molecule has 0 radical (unpaired) electrons. The van der Waals surface area contributed by atoms with Gasteiger partial charge in [0.1, 0.15) is 0 Å². The van der Waals surface area contributed by atoms with Crippen molar-refractivity contribution < 1.29 is 17.9 Å². The smallest absolute Gasteiger partial charge is 0.270 e. The Morgan fingerprint density at radius 2 is 2.11 bits per heavy atom. The summed E-state index contributed by atoms with van der Waals surface area (Å²) >= 11 is 0. The summed E-state index contributed by atoms with van der Waals surface area (Å²) in [5.74, 6) is 0. The van der Waals surface area contributed by atoms with E-state index in [9.17, 15) is 23.1 Å². The zero-order chi connectivity index (χ0) is 14.6. The summed E-state index contributed by atoms with van der Waals surface area (Å²) in [6.07, 6.45) is -1.29. The molecule has 0 aliphatic heterocycles. The third kappa shape index (κ3) is 4.23. The van der Waals surface area contributed by atoms with E-state index in [-0.39, 0.29) is 23.2 Å². The highest BCUT2D eigenvalue weighted by Gasteiger charge is 2.18. The molecule has 1 aromatic rings. The van der Waals surface area contributed by atoms with Crippen LogP contribution in [0.5, 0.6) is 0 Å². The SMILES string of the molecule is CC(CNc1ccc([N+](=O)[O-])cc1C(F)F)S(C)=O. The lowest BCUT2D eigenvalue weighted by molar-refractivity contribution is -0.385. The molecular formula is C11H14F2N2O3S. The number of nitro groups is 1. The summed E-state index contributed by atoms with van der Waals surface area (Å²) in [4.78, 5) is 9.82.